The maximum atomic E-state index is 4.90. The van der Waals surface area contributed by atoms with Crippen LogP contribution in [0.3, 0.4) is 0 Å². The summed E-state index contributed by atoms with van der Waals surface area (Å²) < 4.78 is 2.01. The number of guanidine groups is 1. The van der Waals surface area contributed by atoms with Crippen molar-refractivity contribution in [2.24, 2.45) is 10.9 Å². The van der Waals surface area contributed by atoms with Crippen molar-refractivity contribution in [3.63, 3.8) is 0 Å². The number of likely N-dealkylation sites (tertiary alicyclic amines) is 1. The van der Waals surface area contributed by atoms with E-state index in [0.717, 1.165) is 42.7 Å². The van der Waals surface area contributed by atoms with Crippen LogP contribution < -0.4 is 10.6 Å². The predicted octanol–water partition coefficient (Wildman–Crippen LogP) is 3.89. The minimum atomic E-state index is 0. The number of rotatable bonds is 6. The molecule has 1 aromatic heterocycles. The van der Waals surface area contributed by atoms with Crippen LogP contribution in [0.15, 0.2) is 35.3 Å². The van der Waals surface area contributed by atoms with Crippen molar-refractivity contribution in [2.45, 2.75) is 60.2 Å². The summed E-state index contributed by atoms with van der Waals surface area (Å²) in [5.41, 5.74) is 4.45. The van der Waals surface area contributed by atoms with Crippen LogP contribution in [0.4, 0.5) is 0 Å². The molecule has 3 rings (SSSR count). The lowest BCUT2D eigenvalue weighted by atomic mass is 10.1. The van der Waals surface area contributed by atoms with Crippen molar-refractivity contribution in [3.05, 3.63) is 47.3 Å². The zero-order valence-electron chi connectivity index (χ0n) is 19.1. The minimum Gasteiger partial charge on any atom is -0.357 e. The molecule has 1 fully saturated rings. The summed E-state index contributed by atoms with van der Waals surface area (Å²) in [6, 6.07) is 11.3. The molecule has 1 saturated heterocycles. The highest BCUT2D eigenvalue weighted by atomic mass is 127. The van der Waals surface area contributed by atoms with Crippen LogP contribution in [-0.4, -0.2) is 52.4 Å². The third-order valence-corrected chi connectivity index (χ3v) is 5.87. The van der Waals surface area contributed by atoms with Gasteiger partial charge in [0.05, 0.1) is 17.9 Å². The second-order valence-electron chi connectivity index (χ2n) is 8.37. The SMILES string of the molecule is CCNC(=NCc1c(C)nn(-c2ccccc2)c1C)NC1CN(C(C)C)CC1C.I. The number of nitrogens with zero attached hydrogens (tertiary/aromatic N) is 4. The van der Waals surface area contributed by atoms with Gasteiger partial charge >= 0.3 is 0 Å². The van der Waals surface area contributed by atoms with Gasteiger partial charge in [-0.25, -0.2) is 9.67 Å². The molecular weight excluding hydrogens is 487 g/mol. The molecule has 6 nitrogen and oxygen atoms in total. The molecule has 2 unspecified atom stereocenters. The van der Waals surface area contributed by atoms with Gasteiger partial charge in [-0.2, -0.15) is 5.10 Å². The molecule has 7 heteroatoms. The Morgan fingerprint density at radius 3 is 2.50 bits per heavy atom. The van der Waals surface area contributed by atoms with Crippen LogP contribution >= 0.6 is 24.0 Å². The first-order valence-electron chi connectivity index (χ1n) is 10.8. The van der Waals surface area contributed by atoms with Gasteiger partial charge < -0.3 is 10.6 Å². The predicted molar refractivity (Wildman–Crippen MR) is 136 cm³/mol. The van der Waals surface area contributed by atoms with Crippen molar-refractivity contribution in [2.75, 3.05) is 19.6 Å². The molecule has 166 valence electrons. The molecule has 2 atom stereocenters. The van der Waals surface area contributed by atoms with E-state index in [4.69, 9.17) is 10.1 Å². The second-order valence-corrected chi connectivity index (χ2v) is 8.37. The number of benzene rings is 1. The first-order chi connectivity index (χ1) is 13.9. The summed E-state index contributed by atoms with van der Waals surface area (Å²) in [6.07, 6.45) is 0. The number of hydrogen-bond acceptors (Lipinski definition) is 3. The zero-order chi connectivity index (χ0) is 21.0. The summed E-state index contributed by atoms with van der Waals surface area (Å²) in [6.45, 7) is 16.8. The number of aromatic nitrogens is 2. The van der Waals surface area contributed by atoms with E-state index >= 15 is 0 Å². The number of hydrogen-bond donors (Lipinski definition) is 2. The lowest BCUT2D eigenvalue weighted by Crippen LogP contribution is -2.46. The summed E-state index contributed by atoms with van der Waals surface area (Å²) in [4.78, 5) is 7.43. The number of aliphatic imine (C=N–C) groups is 1. The Kier molecular flexibility index (Phi) is 9.15. The lowest BCUT2D eigenvalue weighted by Gasteiger charge is -2.22. The van der Waals surface area contributed by atoms with E-state index in [-0.39, 0.29) is 24.0 Å². The van der Waals surface area contributed by atoms with Gasteiger partial charge in [-0.15, -0.1) is 24.0 Å². The summed E-state index contributed by atoms with van der Waals surface area (Å²) in [5.74, 6) is 1.49. The van der Waals surface area contributed by atoms with Crippen molar-refractivity contribution in [1.29, 1.82) is 0 Å². The fourth-order valence-corrected chi connectivity index (χ4v) is 3.99. The van der Waals surface area contributed by atoms with E-state index in [1.807, 2.05) is 22.9 Å². The van der Waals surface area contributed by atoms with Gasteiger partial charge in [0.2, 0.25) is 0 Å². The molecule has 1 aromatic carbocycles. The monoisotopic (exact) mass is 524 g/mol. The lowest BCUT2D eigenvalue weighted by molar-refractivity contribution is 0.265. The molecule has 0 saturated carbocycles. The van der Waals surface area contributed by atoms with Crippen LogP contribution in [0.2, 0.25) is 0 Å². The Morgan fingerprint density at radius 2 is 1.90 bits per heavy atom. The van der Waals surface area contributed by atoms with E-state index in [1.54, 1.807) is 0 Å². The highest BCUT2D eigenvalue weighted by molar-refractivity contribution is 14.0. The van der Waals surface area contributed by atoms with Crippen LogP contribution in [0.25, 0.3) is 5.69 Å². The molecule has 0 radical (unpaired) electrons. The van der Waals surface area contributed by atoms with Crippen molar-refractivity contribution < 1.29 is 0 Å². The van der Waals surface area contributed by atoms with Gasteiger partial charge in [-0.05, 0) is 52.7 Å². The molecule has 0 bridgehead atoms. The average Bonchev–Trinajstić information content (AvgIpc) is 3.20. The Morgan fingerprint density at radius 1 is 1.20 bits per heavy atom. The van der Waals surface area contributed by atoms with Gasteiger partial charge in [0.1, 0.15) is 0 Å². The molecule has 30 heavy (non-hydrogen) atoms. The fourth-order valence-electron chi connectivity index (χ4n) is 3.99. The highest BCUT2D eigenvalue weighted by Gasteiger charge is 2.31. The summed E-state index contributed by atoms with van der Waals surface area (Å²) in [7, 11) is 0. The number of aryl methyl sites for hydroxylation is 1. The van der Waals surface area contributed by atoms with Crippen molar-refractivity contribution in [3.8, 4) is 5.69 Å². The molecular formula is C23H37IN6. The van der Waals surface area contributed by atoms with Gasteiger partial charge in [0.25, 0.3) is 0 Å². The summed E-state index contributed by atoms with van der Waals surface area (Å²) in [5, 5.41) is 11.8. The molecule has 2 aromatic rings. The topological polar surface area (TPSA) is 57.5 Å². The molecule has 2 heterocycles. The van der Waals surface area contributed by atoms with E-state index in [2.05, 4.69) is 69.2 Å². The van der Waals surface area contributed by atoms with Gasteiger partial charge in [0, 0.05) is 43.0 Å². The number of halogens is 1. The number of nitrogens with one attached hydrogen (secondary N) is 2. The van der Waals surface area contributed by atoms with Crippen LogP contribution in [0.1, 0.15) is 44.6 Å². The van der Waals surface area contributed by atoms with Crippen molar-refractivity contribution >= 4 is 29.9 Å². The number of para-hydroxylation sites is 1. The maximum Gasteiger partial charge on any atom is 0.191 e. The van der Waals surface area contributed by atoms with Crippen LogP contribution in [0.5, 0.6) is 0 Å². The second kappa shape index (κ2) is 11.1. The average molecular weight is 524 g/mol. The Balaban J connectivity index is 0.00000320. The van der Waals surface area contributed by atoms with Gasteiger partial charge in [0.15, 0.2) is 5.96 Å². The third kappa shape index (κ3) is 5.75. The van der Waals surface area contributed by atoms with E-state index in [1.165, 1.54) is 5.56 Å². The van der Waals surface area contributed by atoms with Crippen LogP contribution in [0, 0.1) is 19.8 Å². The van der Waals surface area contributed by atoms with Crippen molar-refractivity contribution in [1.82, 2.24) is 25.3 Å². The largest absolute Gasteiger partial charge is 0.357 e. The Labute approximate surface area is 198 Å². The molecule has 0 spiro atoms. The van der Waals surface area contributed by atoms with Crippen LogP contribution in [-0.2, 0) is 6.54 Å². The smallest absolute Gasteiger partial charge is 0.191 e. The van der Waals surface area contributed by atoms with Gasteiger partial charge in [-0.1, -0.05) is 25.1 Å². The normalized spacial score (nSPS) is 19.8. The quantitative estimate of drug-likeness (QED) is 0.342. The standard InChI is InChI=1S/C23H36N6.HI/c1-7-24-23(26-22-15-28(16(2)3)14-17(22)4)25-13-21-18(5)27-29(19(21)6)20-11-9-8-10-12-20;/h8-12,16-17,22H,7,13-15H2,1-6H3,(H2,24,25,26);1H. The molecule has 0 amide bonds. The van der Waals surface area contributed by atoms with E-state index in [0.29, 0.717) is 24.5 Å². The fraction of sp³-hybridized carbons (Fsp3) is 0.565. The van der Waals surface area contributed by atoms with E-state index in [9.17, 15) is 0 Å². The Hall–Kier alpha value is -1.61. The first kappa shape index (κ1) is 24.7. The van der Waals surface area contributed by atoms with Gasteiger partial charge in [-0.3, -0.25) is 4.90 Å². The molecule has 1 aliphatic rings. The van der Waals surface area contributed by atoms with E-state index < -0.39 is 0 Å². The summed E-state index contributed by atoms with van der Waals surface area (Å²) >= 11 is 0. The third-order valence-electron chi connectivity index (χ3n) is 5.87. The molecule has 0 aliphatic carbocycles. The molecule has 1 aliphatic heterocycles. The zero-order valence-corrected chi connectivity index (χ0v) is 21.5. The maximum absolute atomic E-state index is 4.90. The minimum absolute atomic E-state index is 0. The first-order valence-corrected chi connectivity index (χ1v) is 10.8. The highest BCUT2D eigenvalue weighted by Crippen LogP contribution is 2.20. The Bertz CT molecular complexity index is 830. The molecule has 2 N–H and O–H groups in total.